The minimum atomic E-state index is -0.0128. The Morgan fingerprint density at radius 3 is 2.22 bits per heavy atom. The lowest BCUT2D eigenvalue weighted by Crippen LogP contribution is -2.46. The number of hydrogen-bond donors (Lipinski definition) is 0. The van der Waals surface area contributed by atoms with Crippen LogP contribution in [0.1, 0.15) is 38.5 Å². The molecule has 0 radical (unpaired) electrons. The molecule has 2 N–H and O–H groups in total. The number of hydrogen-bond acceptors (Lipinski definition) is 6. The van der Waals surface area contributed by atoms with Crippen LogP contribution in [0.25, 0.3) is 10.1 Å². The lowest BCUT2D eigenvalue weighted by Gasteiger charge is -2.35. The van der Waals surface area contributed by atoms with Gasteiger partial charge in [-0.1, -0.05) is 25.0 Å². The SMILES string of the molecule is Cl.O.O=C1C2CCCCC2C(=O)N1CCCCN1CCN(c2nsc3ccccc23)CC1. The molecule has 0 bridgehead atoms. The molecule has 5 rings (SSSR count). The molecule has 2 saturated heterocycles. The van der Waals surface area contributed by atoms with Gasteiger partial charge in [0.25, 0.3) is 0 Å². The van der Waals surface area contributed by atoms with Gasteiger partial charge in [0.2, 0.25) is 11.8 Å². The van der Waals surface area contributed by atoms with Crippen LogP contribution in [0.4, 0.5) is 5.82 Å². The van der Waals surface area contributed by atoms with Gasteiger partial charge in [0.1, 0.15) is 5.82 Å². The molecule has 1 saturated carbocycles. The molecular formula is C23H33ClN4O3S. The summed E-state index contributed by atoms with van der Waals surface area (Å²) in [5.41, 5.74) is 0. The zero-order valence-electron chi connectivity index (χ0n) is 18.4. The van der Waals surface area contributed by atoms with Gasteiger partial charge in [-0.25, -0.2) is 0 Å². The average molecular weight is 481 g/mol. The fourth-order valence-electron chi connectivity index (χ4n) is 5.34. The fraction of sp³-hybridized carbons (Fsp3) is 0.609. The standard InChI is InChI=1S/C23H30N4O2S.ClH.H2O/c28-22-17-7-1-2-8-18(17)23(29)27(22)12-6-5-11-25-13-15-26(16-14-25)21-19-9-3-4-10-20(19)30-24-21;;/h3-4,9-10,17-18H,1-2,5-8,11-16H2;1H;1H2. The Balaban J connectivity index is 0.00000144. The average Bonchev–Trinajstić information content (AvgIpc) is 3.32. The number of imide groups is 1. The van der Waals surface area contributed by atoms with Crippen LogP contribution in [0, 0.1) is 11.8 Å². The lowest BCUT2D eigenvalue weighted by molar-refractivity contribution is -0.140. The second-order valence-electron chi connectivity index (χ2n) is 8.86. The number of rotatable bonds is 6. The van der Waals surface area contributed by atoms with E-state index in [9.17, 15) is 9.59 Å². The van der Waals surface area contributed by atoms with E-state index in [0.717, 1.165) is 77.1 Å². The molecule has 2 aromatic rings. The number of aromatic nitrogens is 1. The van der Waals surface area contributed by atoms with Crippen LogP contribution in [-0.4, -0.2) is 70.7 Å². The first-order chi connectivity index (χ1) is 14.7. The Morgan fingerprint density at radius 2 is 1.53 bits per heavy atom. The number of likely N-dealkylation sites (tertiary alicyclic amines) is 1. The summed E-state index contributed by atoms with van der Waals surface area (Å²) in [6.45, 7) is 5.72. The number of carbonyl (C=O) groups is 2. The molecular weight excluding hydrogens is 448 g/mol. The Labute approximate surface area is 199 Å². The number of carbonyl (C=O) groups excluding carboxylic acids is 2. The van der Waals surface area contributed by atoms with E-state index in [1.54, 1.807) is 16.4 Å². The van der Waals surface area contributed by atoms with E-state index in [4.69, 9.17) is 0 Å². The number of halogens is 1. The summed E-state index contributed by atoms with van der Waals surface area (Å²) in [5, 5.41) is 1.26. The van der Waals surface area contributed by atoms with Crippen molar-refractivity contribution in [2.75, 3.05) is 44.2 Å². The summed E-state index contributed by atoms with van der Waals surface area (Å²) in [4.78, 5) is 31.6. The van der Waals surface area contributed by atoms with Gasteiger partial charge in [0.05, 0.1) is 16.5 Å². The molecule has 32 heavy (non-hydrogen) atoms. The van der Waals surface area contributed by atoms with Crippen LogP contribution in [0.5, 0.6) is 0 Å². The third kappa shape index (κ3) is 4.78. The molecule has 2 atom stereocenters. The fourth-order valence-corrected chi connectivity index (χ4v) is 6.14. The maximum atomic E-state index is 12.6. The summed E-state index contributed by atoms with van der Waals surface area (Å²) < 4.78 is 5.94. The van der Waals surface area contributed by atoms with E-state index in [2.05, 4.69) is 38.4 Å². The number of amides is 2. The van der Waals surface area contributed by atoms with Gasteiger partial charge in [-0.05, 0) is 55.9 Å². The molecule has 1 aromatic heterocycles. The van der Waals surface area contributed by atoms with Gasteiger partial charge in [0, 0.05) is 38.1 Å². The largest absolute Gasteiger partial charge is 0.412 e. The van der Waals surface area contributed by atoms with E-state index in [-0.39, 0.29) is 41.5 Å². The quantitative estimate of drug-likeness (QED) is 0.468. The molecule has 176 valence electrons. The van der Waals surface area contributed by atoms with Gasteiger partial charge in [-0.3, -0.25) is 19.4 Å². The summed E-state index contributed by atoms with van der Waals surface area (Å²) in [6, 6.07) is 8.45. The smallest absolute Gasteiger partial charge is 0.233 e. The highest BCUT2D eigenvalue weighted by Crippen LogP contribution is 2.38. The molecule has 3 fully saturated rings. The monoisotopic (exact) mass is 480 g/mol. The number of anilines is 1. The van der Waals surface area contributed by atoms with Crippen molar-refractivity contribution >= 4 is 51.7 Å². The number of piperazine rings is 1. The highest BCUT2D eigenvalue weighted by atomic mass is 35.5. The van der Waals surface area contributed by atoms with Crippen LogP contribution in [0.3, 0.4) is 0 Å². The van der Waals surface area contributed by atoms with Gasteiger partial charge >= 0.3 is 0 Å². The van der Waals surface area contributed by atoms with Crippen LogP contribution < -0.4 is 4.90 Å². The van der Waals surface area contributed by atoms with Crippen molar-refractivity contribution in [2.24, 2.45) is 11.8 Å². The Kier molecular flexibility index (Phi) is 8.49. The van der Waals surface area contributed by atoms with Gasteiger partial charge in [-0.15, -0.1) is 12.4 Å². The second-order valence-corrected chi connectivity index (χ2v) is 9.67. The number of nitrogens with zero attached hydrogens (tertiary/aromatic N) is 4. The van der Waals surface area contributed by atoms with Crippen molar-refractivity contribution in [3.8, 4) is 0 Å². The predicted molar refractivity (Wildman–Crippen MR) is 131 cm³/mol. The molecule has 2 unspecified atom stereocenters. The molecule has 2 amide bonds. The number of unbranched alkanes of at least 4 members (excludes halogenated alkanes) is 1. The van der Waals surface area contributed by atoms with E-state index in [0.29, 0.717) is 6.54 Å². The molecule has 3 heterocycles. The zero-order chi connectivity index (χ0) is 20.5. The molecule has 0 spiro atoms. The molecule has 1 aromatic carbocycles. The van der Waals surface area contributed by atoms with E-state index in [1.165, 1.54) is 10.1 Å². The lowest BCUT2D eigenvalue weighted by atomic mass is 9.81. The van der Waals surface area contributed by atoms with Crippen molar-refractivity contribution in [3.63, 3.8) is 0 Å². The van der Waals surface area contributed by atoms with Gasteiger partial charge < -0.3 is 10.4 Å². The van der Waals surface area contributed by atoms with Gasteiger partial charge in [-0.2, -0.15) is 4.37 Å². The summed E-state index contributed by atoms with van der Waals surface area (Å²) >= 11 is 1.58. The van der Waals surface area contributed by atoms with Crippen molar-refractivity contribution in [1.82, 2.24) is 14.2 Å². The summed E-state index contributed by atoms with van der Waals surface area (Å²) in [7, 11) is 0. The topological polar surface area (TPSA) is 88.2 Å². The van der Waals surface area contributed by atoms with Crippen molar-refractivity contribution in [2.45, 2.75) is 38.5 Å². The summed E-state index contributed by atoms with van der Waals surface area (Å²) in [6.07, 6.45) is 5.95. The second kappa shape index (κ2) is 10.9. The first kappa shape index (κ1) is 24.9. The minimum absolute atomic E-state index is 0. The van der Waals surface area contributed by atoms with Crippen molar-refractivity contribution < 1.29 is 15.1 Å². The third-order valence-corrected chi connectivity index (χ3v) is 7.89. The molecule has 2 aliphatic heterocycles. The number of fused-ring (bicyclic) bond motifs is 2. The highest BCUT2D eigenvalue weighted by Gasteiger charge is 2.47. The zero-order valence-corrected chi connectivity index (χ0v) is 20.0. The normalized spacial score (nSPS) is 23.8. The van der Waals surface area contributed by atoms with Crippen LogP contribution in [-0.2, 0) is 9.59 Å². The van der Waals surface area contributed by atoms with E-state index in [1.807, 2.05) is 0 Å². The van der Waals surface area contributed by atoms with Crippen molar-refractivity contribution in [1.29, 1.82) is 0 Å². The Bertz CT molecular complexity index is 907. The minimum Gasteiger partial charge on any atom is -0.412 e. The summed E-state index contributed by atoms with van der Waals surface area (Å²) in [5.74, 6) is 1.31. The Hall–Kier alpha value is -1.74. The molecule has 3 aliphatic rings. The molecule has 1 aliphatic carbocycles. The highest BCUT2D eigenvalue weighted by molar-refractivity contribution is 7.13. The van der Waals surface area contributed by atoms with Crippen LogP contribution in [0.15, 0.2) is 24.3 Å². The van der Waals surface area contributed by atoms with Crippen molar-refractivity contribution in [3.05, 3.63) is 24.3 Å². The van der Waals surface area contributed by atoms with Crippen LogP contribution >= 0.6 is 23.9 Å². The first-order valence-electron chi connectivity index (χ1n) is 11.4. The van der Waals surface area contributed by atoms with Gasteiger partial charge in [0.15, 0.2) is 0 Å². The van der Waals surface area contributed by atoms with E-state index < -0.39 is 0 Å². The molecule has 9 heteroatoms. The predicted octanol–water partition coefficient (Wildman–Crippen LogP) is 2.97. The maximum Gasteiger partial charge on any atom is 0.233 e. The molecule has 7 nitrogen and oxygen atoms in total. The third-order valence-electron chi connectivity index (χ3n) is 7.07. The maximum absolute atomic E-state index is 12.6. The van der Waals surface area contributed by atoms with E-state index >= 15 is 0 Å². The first-order valence-corrected chi connectivity index (χ1v) is 12.2. The Morgan fingerprint density at radius 1 is 0.906 bits per heavy atom. The number of benzene rings is 1. The van der Waals surface area contributed by atoms with Crippen LogP contribution in [0.2, 0.25) is 0 Å².